The smallest absolute Gasteiger partial charge is 0.261 e. The van der Waals surface area contributed by atoms with Crippen molar-refractivity contribution in [3.8, 4) is 0 Å². The molecule has 26 heavy (non-hydrogen) atoms. The summed E-state index contributed by atoms with van der Waals surface area (Å²) in [5, 5.41) is 0. The minimum Gasteiger partial charge on any atom is -0.312 e. The fourth-order valence-corrected chi connectivity index (χ4v) is 4.27. The molecule has 0 bridgehead atoms. The van der Waals surface area contributed by atoms with Gasteiger partial charge in [0.15, 0.2) is 0 Å². The van der Waals surface area contributed by atoms with E-state index in [-0.39, 0.29) is 16.7 Å². The van der Waals surface area contributed by atoms with Crippen molar-refractivity contribution in [2.24, 2.45) is 0 Å². The molecule has 2 aromatic carbocycles. The van der Waals surface area contributed by atoms with Gasteiger partial charge in [-0.1, -0.05) is 32.0 Å². The molecule has 1 heterocycles. The summed E-state index contributed by atoms with van der Waals surface area (Å²) in [5.41, 5.74) is 2.29. The topological polar surface area (TPSA) is 66.5 Å². The maximum absolute atomic E-state index is 12.7. The van der Waals surface area contributed by atoms with Crippen molar-refractivity contribution in [3.05, 3.63) is 54.1 Å². The van der Waals surface area contributed by atoms with Gasteiger partial charge in [0.25, 0.3) is 10.0 Å². The summed E-state index contributed by atoms with van der Waals surface area (Å²) in [4.78, 5) is 13.9. The van der Waals surface area contributed by atoms with Gasteiger partial charge in [0, 0.05) is 18.7 Å². The van der Waals surface area contributed by atoms with Crippen molar-refractivity contribution in [1.29, 1.82) is 0 Å². The minimum atomic E-state index is -3.68. The van der Waals surface area contributed by atoms with E-state index in [1.165, 1.54) is 0 Å². The number of carbonyl (C=O) groups excluding carboxylic acids is 1. The zero-order valence-corrected chi connectivity index (χ0v) is 15.9. The van der Waals surface area contributed by atoms with E-state index in [4.69, 9.17) is 0 Å². The predicted octanol–water partition coefficient (Wildman–Crippen LogP) is 4.13. The molecule has 1 amide bonds. The molecule has 6 heteroatoms. The van der Waals surface area contributed by atoms with E-state index in [2.05, 4.69) is 4.72 Å². The molecule has 0 aliphatic carbocycles. The fourth-order valence-electron chi connectivity index (χ4n) is 3.18. The van der Waals surface area contributed by atoms with Crippen LogP contribution in [0.2, 0.25) is 0 Å². The summed E-state index contributed by atoms with van der Waals surface area (Å²) in [7, 11) is -3.68. The van der Waals surface area contributed by atoms with E-state index < -0.39 is 10.0 Å². The maximum Gasteiger partial charge on any atom is 0.261 e. The molecule has 1 aliphatic rings. The lowest BCUT2D eigenvalue weighted by Crippen LogP contribution is -2.35. The number of amides is 1. The van der Waals surface area contributed by atoms with E-state index in [0.717, 1.165) is 24.1 Å². The third-order valence-corrected chi connectivity index (χ3v) is 5.99. The first-order valence-corrected chi connectivity index (χ1v) is 10.4. The minimum absolute atomic E-state index is 0.0934. The quantitative estimate of drug-likeness (QED) is 0.858. The van der Waals surface area contributed by atoms with Gasteiger partial charge in [-0.15, -0.1) is 0 Å². The second-order valence-corrected chi connectivity index (χ2v) is 8.53. The van der Waals surface area contributed by atoms with Crippen LogP contribution in [0, 0.1) is 0 Å². The van der Waals surface area contributed by atoms with Crippen molar-refractivity contribution in [1.82, 2.24) is 0 Å². The molecule has 1 aliphatic heterocycles. The lowest BCUT2D eigenvalue weighted by Gasteiger charge is -2.26. The van der Waals surface area contributed by atoms with Crippen LogP contribution in [-0.2, 0) is 14.8 Å². The SMILES string of the molecule is CC(C)c1ccccc1NS(=O)(=O)c1ccc(N2CCCCC2=O)cc1. The molecule has 0 atom stereocenters. The van der Waals surface area contributed by atoms with Crippen molar-refractivity contribution in [2.45, 2.75) is 43.9 Å². The van der Waals surface area contributed by atoms with Crippen molar-refractivity contribution >= 4 is 27.3 Å². The first-order valence-electron chi connectivity index (χ1n) is 8.90. The van der Waals surface area contributed by atoms with Crippen LogP contribution >= 0.6 is 0 Å². The maximum atomic E-state index is 12.7. The Hall–Kier alpha value is -2.34. The first-order chi connectivity index (χ1) is 12.4. The van der Waals surface area contributed by atoms with E-state index in [1.807, 2.05) is 32.0 Å². The molecule has 0 saturated carbocycles. The monoisotopic (exact) mass is 372 g/mol. The van der Waals surface area contributed by atoms with Crippen LogP contribution in [0.5, 0.6) is 0 Å². The Morgan fingerprint density at radius 3 is 2.35 bits per heavy atom. The number of nitrogens with one attached hydrogen (secondary N) is 1. The number of hydrogen-bond donors (Lipinski definition) is 1. The van der Waals surface area contributed by atoms with Gasteiger partial charge in [0.05, 0.1) is 10.6 Å². The van der Waals surface area contributed by atoms with Gasteiger partial charge in [-0.3, -0.25) is 9.52 Å². The molecule has 0 radical (unpaired) electrons. The van der Waals surface area contributed by atoms with Gasteiger partial charge >= 0.3 is 0 Å². The highest BCUT2D eigenvalue weighted by atomic mass is 32.2. The highest BCUT2D eigenvalue weighted by molar-refractivity contribution is 7.92. The third kappa shape index (κ3) is 3.90. The Balaban J connectivity index is 1.83. The largest absolute Gasteiger partial charge is 0.312 e. The van der Waals surface area contributed by atoms with Gasteiger partial charge in [0.2, 0.25) is 5.91 Å². The Morgan fingerprint density at radius 2 is 1.69 bits per heavy atom. The normalized spacial score (nSPS) is 15.3. The van der Waals surface area contributed by atoms with E-state index >= 15 is 0 Å². The summed E-state index contributed by atoms with van der Waals surface area (Å²) in [6, 6.07) is 13.9. The van der Waals surface area contributed by atoms with Crippen LogP contribution in [0.1, 0.15) is 44.6 Å². The van der Waals surface area contributed by atoms with Crippen LogP contribution < -0.4 is 9.62 Å². The Morgan fingerprint density at radius 1 is 1.00 bits per heavy atom. The molecule has 0 spiro atoms. The molecule has 1 N–H and O–H groups in total. The molecule has 138 valence electrons. The Labute approximate surface area is 155 Å². The number of piperidine rings is 1. The van der Waals surface area contributed by atoms with Gasteiger partial charge in [-0.05, 0) is 54.7 Å². The van der Waals surface area contributed by atoms with Crippen LogP contribution in [0.4, 0.5) is 11.4 Å². The second kappa shape index (κ2) is 7.50. The van der Waals surface area contributed by atoms with E-state index in [1.54, 1.807) is 35.2 Å². The number of sulfonamides is 1. The highest BCUT2D eigenvalue weighted by Crippen LogP contribution is 2.27. The number of rotatable bonds is 5. The Bertz CT molecular complexity index is 890. The second-order valence-electron chi connectivity index (χ2n) is 6.84. The number of hydrogen-bond acceptors (Lipinski definition) is 3. The molecule has 1 saturated heterocycles. The third-order valence-electron chi connectivity index (χ3n) is 4.61. The van der Waals surface area contributed by atoms with Gasteiger partial charge in [-0.2, -0.15) is 0 Å². The highest BCUT2D eigenvalue weighted by Gasteiger charge is 2.21. The number of nitrogens with zero attached hydrogens (tertiary/aromatic N) is 1. The van der Waals surface area contributed by atoms with Crippen LogP contribution in [-0.4, -0.2) is 20.9 Å². The zero-order chi connectivity index (χ0) is 18.7. The average Bonchev–Trinajstić information content (AvgIpc) is 2.62. The summed E-state index contributed by atoms with van der Waals surface area (Å²) in [5.74, 6) is 0.303. The standard InChI is InChI=1S/C20H24N2O3S/c1-15(2)18-7-3-4-8-19(18)21-26(24,25)17-12-10-16(11-13-17)22-14-6-5-9-20(22)23/h3-4,7-8,10-13,15,21H,5-6,9,14H2,1-2H3. The van der Waals surface area contributed by atoms with Crippen molar-refractivity contribution in [3.63, 3.8) is 0 Å². The summed E-state index contributed by atoms with van der Waals surface area (Å²) < 4.78 is 28.2. The molecular formula is C20H24N2O3S. The lowest BCUT2D eigenvalue weighted by molar-refractivity contribution is -0.119. The molecule has 0 unspecified atom stereocenters. The van der Waals surface area contributed by atoms with Gasteiger partial charge in [-0.25, -0.2) is 8.42 Å². The van der Waals surface area contributed by atoms with Crippen molar-refractivity contribution in [2.75, 3.05) is 16.2 Å². The van der Waals surface area contributed by atoms with Crippen LogP contribution in [0.3, 0.4) is 0 Å². The summed E-state index contributed by atoms with van der Waals surface area (Å²) >= 11 is 0. The molecule has 2 aromatic rings. The zero-order valence-electron chi connectivity index (χ0n) is 15.1. The lowest BCUT2D eigenvalue weighted by atomic mass is 10.0. The molecule has 0 aromatic heterocycles. The number of carbonyl (C=O) groups is 1. The molecule has 5 nitrogen and oxygen atoms in total. The van der Waals surface area contributed by atoms with Crippen LogP contribution in [0.15, 0.2) is 53.4 Å². The van der Waals surface area contributed by atoms with Gasteiger partial charge < -0.3 is 4.90 Å². The number of benzene rings is 2. The molecule has 1 fully saturated rings. The van der Waals surface area contributed by atoms with E-state index in [9.17, 15) is 13.2 Å². The number of para-hydroxylation sites is 1. The van der Waals surface area contributed by atoms with Crippen molar-refractivity contribution < 1.29 is 13.2 Å². The predicted molar refractivity (Wildman–Crippen MR) is 104 cm³/mol. The fraction of sp³-hybridized carbons (Fsp3) is 0.350. The average molecular weight is 372 g/mol. The summed E-state index contributed by atoms with van der Waals surface area (Å²) in [6.07, 6.45) is 2.44. The summed E-state index contributed by atoms with van der Waals surface area (Å²) in [6.45, 7) is 4.74. The first kappa shape index (κ1) is 18.5. The van der Waals surface area contributed by atoms with Gasteiger partial charge in [0.1, 0.15) is 0 Å². The van der Waals surface area contributed by atoms with E-state index in [0.29, 0.717) is 18.7 Å². The Kier molecular flexibility index (Phi) is 5.32. The van der Waals surface area contributed by atoms with Crippen LogP contribution in [0.25, 0.3) is 0 Å². The number of anilines is 2. The molecule has 3 rings (SSSR count). The molecular weight excluding hydrogens is 348 g/mol.